The highest BCUT2D eigenvalue weighted by molar-refractivity contribution is 7.80. The molecule has 0 aromatic carbocycles. The second-order valence-electron chi connectivity index (χ2n) is 4.26. The fourth-order valence-corrected chi connectivity index (χ4v) is 1.90. The van der Waals surface area contributed by atoms with Gasteiger partial charge in [-0.15, -0.1) is 0 Å². The summed E-state index contributed by atoms with van der Waals surface area (Å²) in [5.41, 5.74) is 6.97. The summed E-state index contributed by atoms with van der Waals surface area (Å²) in [5.74, 6) is 0.825. The molecular formula is C13H17N5OS. The van der Waals surface area contributed by atoms with Crippen LogP contribution < -0.4 is 10.6 Å². The van der Waals surface area contributed by atoms with Crippen LogP contribution in [0.1, 0.15) is 6.42 Å². The molecule has 0 unspecified atom stereocenters. The first-order valence-electron chi connectivity index (χ1n) is 6.30. The zero-order chi connectivity index (χ0) is 14.4. The van der Waals surface area contributed by atoms with E-state index in [1.54, 1.807) is 19.5 Å². The Labute approximate surface area is 123 Å². The molecule has 7 heteroatoms. The predicted molar refractivity (Wildman–Crippen MR) is 82.8 cm³/mol. The Morgan fingerprint density at radius 1 is 1.30 bits per heavy atom. The number of hydrogen-bond donors (Lipinski definition) is 1. The van der Waals surface area contributed by atoms with Crippen LogP contribution in [-0.2, 0) is 4.74 Å². The van der Waals surface area contributed by atoms with Gasteiger partial charge in [0.05, 0.1) is 11.6 Å². The lowest BCUT2D eigenvalue weighted by atomic mass is 10.3. The van der Waals surface area contributed by atoms with Crippen molar-refractivity contribution in [3.8, 4) is 0 Å². The van der Waals surface area contributed by atoms with E-state index in [-0.39, 0.29) is 0 Å². The fraction of sp³-hybridized carbons (Fsp3) is 0.385. The number of methoxy groups -OCH3 is 1. The van der Waals surface area contributed by atoms with E-state index in [0.717, 1.165) is 17.9 Å². The molecule has 0 saturated heterocycles. The van der Waals surface area contributed by atoms with Crippen molar-refractivity contribution in [2.24, 2.45) is 5.73 Å². The van der Waals surface area contributed by atoms with Crippen LogP contribution in [0.4, 0.5) is 5.82 Å². The van der Waals surface area contributed by atoms with Crippen LogP contribution in [0.3, 0.4) is 0 Å². The van der Waals surface area contributed by atoms with Gasteiger partial charge in [-0.2, -0.15) is 0 Å². The maximum absolute atomic E-state index is 5.57. The maximum Gasteiger partial charge on any atom is 0.180 e. The van der Waals surface area contributed by atoms with Gasteiger partial charge in [0, 0.05) is 39.0 Å². The molecule has 0 saturated carbocycles. The quantitative estimate of drug-likeness (QED) is 0.767. The van der Waals surface area contributed by atoms with Gasteiger partial charge in [-0.25, -0.2) is 9.97 Å². The minimum Gasteiger partial charge on any atom is -0.393 e. The van der Waals surface area contributed by atoms with Gasteiger partial charge in [-0.3, -0.25) is 4.98 Å². The monoisotopic (exact) mass is 291 g/mol. The smallest absolute Gasteiger partial charge is 0.180 e. The SMILES string of the molecule is COCCN(CCC(N)=S)c1ccc2nccnc2n1. The van der Waals surface area contributed by atoms with Gasteiger partial charge in [-0.05, 0) is 12.1 Å². The van der Waals surface area contributed by atoms with Crippen LogP contribution in [0.2, 0.25) is 0 Å². The molecule has 2 aromatic heterocycles. The molecule has 0 radical (unpaired) electrons. The molecule has 6 nitrogen and oxygen atoms in total. The van der Waals surface area contributed by atoms with E-state index < -0.39 is 0 Å². The topological polar surface area (TPSA) is 77.2 Å². The standard InChI is InChI=1S/C13H17N5OS/c1-19-9-8-18(7-4-11(14)20)12-3-2-10-13(17-12)16-6-5-15-10/h2-3,5-6H,4,7-9H2,1H3,(H2,14,20). The number of nitrogens with two attached hydrogens (primary N) is 1. The first-order valence-corrected chi connectivity index (χ1v) is 6.71. The van der Waals surface area contributed by atoms with E-state index in [9.17, 15) is 0 Å². The Bertz CT molecular complexity index is 592. The second kappa shape index (κ2) is 7.06. The fourth-order valence-electron chi connectivity index (χ4n) is 1.81. The number of rotatable bonds is 7. The number of aromatic nitrogens is 3. The molecule has 2 aromatic rings. The number of thiocarbonyl (C=S) groups is 1. The highest BCUT2D eigenvalue weighted by Crippen LogP contribution is 2.15. The zero-order valence-electron chi connectivity index (χ0n) is 11.3. The first-order chi connectivity index (χ1) is 9.70. The largest absolute Gasteiger partial charge is 0.393 e. The lowest BCUT2D eigenvalue weighted by Gasteiger charge is -2.23. The Morgan fingerprint density at radius 2 is 2.10 bits per heavy atom. The summed E-state index contributed by atoms with van der Waals surface area (Å²) in [6.07, 6.45) is 3.92. The molecule has 2 heterocycles. The van der Waals surface area contributed by atoms with Gasteiger partial charge in [-0.1, -0.05) is 12.2 Å². The molecule has 0 amide bonds. The van der Waals surface area contributed by atoms with Crippen molar-refractivity contribution in [1.29, 1.82) is 0 Å². The number of pyridine rings is 1. The van der Waals surface area contributed by atoms with E-state index in [4.69, 9.17) is 22.7 Å². The van der Waals surface area contributed by atoms with Gasteiger partial charge in [0.15, 0.2) is 5.65 Å². The number of nitrogens with zero attached hydrogens (tertiary/aromatic N) is 4. The van der Waals surface area contributed by atoms with Crippen LogP contribution in [0.5, 0.6) is 0 Å². The zero-order valence-corrected chi connectivity index (χ0v) is 12.1. The Morgan fingerprint density at radius 3 is 2.85 bits per heavy atom. The molecule has 0 fully saturated rings. The van der Waals surface area contributed by atoms with Crippen LogP contribution >= 0.6 is 12.2 Å². The molecule has 106 valence electrons. The van der Waals surface area contributed by atoms with E-state index >= 15 is 0 Å². The Balaban J connectivity index is 2.21. The summed E-state index contributed by atoms with van der Waals surface area (Å²) in [4.78, 5) is 15.5. The molecule has 0 aliphatic carbocycles. The average Bonchev–Trinajstić information content (AvgIpc) is 2.46. The van der Waals surface area contributed by atoms with Crippen molar-refractivity contribution in [3.63, 3.8) is 0 Å². The summed E-state index contributed by atoms with van der Waals surface area (Å²) in [7, 11) is 1.67. The van der Waals surface area contributed by atoms with Gasteiger partial charge < -0.3 is 15.4 Å². The highest BCUT2D eigenvalue weighted by Gasteiger charge is 2.09. The Hall–Kier alpha value is -1.86. The molecule has 20 heavy (non-hydrogen) atoms. The molecule has 0 spiro atoms. The van der Waals surface area contributed by atoms with E-state index in [2.05, 4.69) is 19.9 Å². The number of ether oxygens (including phenoxy) is 1. The summed E-state index contributed by atoms with van der Waals surface area (Å²) in [6, 6.07) is 3.83. The molecule has 2 N–H and O–H groups in total. The molecule has 0 bridgehead atoms. The van der Waals surface area contributed by atoms with Gasteiger partial charge >= 0.3 is 0 Å². The van der Waals surface area contributed by atoms with E-state index in [0.29, 0.717) is 30.2 Å². The average molecular weight is 291 g/mol. The van der Waals surface area contributed by atoms with Gasteiger partial charge in [0.2, 0.25) is 0 Å². The first kappa shape index (κ1) is 14.5. The van der Waals surface area contributed by atoms with Crippen LogP contribution in [0.25, 0.3) is 11.2 Å². The van der Waals surface area contributed by atoms with Crippen molar-refractivity contribution < 1.29 is 4.74 Å². The van der Waals surface area contributed by atoms with Crippen molar-refractivity contribution in [2.75, 3.05) is 31.7 Å². The van der Waals surface area contributed by atoms with Crippen LogP contribution in [-0.4, -0.2) is 46.7 Å². The normalized spacial score (nSPS) is 10.7. The van der Waals surface area contributed by atoms with Crippen molar-refractivity contribution >= 4 is 34.2 Å². The second-order valence-corrected chi connectivity index (χ2v) is 4.79. The predicted octanol–water partition coefficient (Wildman–Crippen LogP) is 1.15. The van der Waals surface area contributed by atoms with Crippen LogP contribution in [0.15, 0.2) is 24.5 Å². The lowest BCUT2D eigenvalue weighted by molar-refractivity contribution is 0.205. The summed E-state index contributed by atoms with van der Waals surface area (Å²) in [5, 5.41) is 0. The molecular weight excluding hydrogens is 274 g/mol. The van der Waals surface area contributed by atoms with Crippen molar-refractivity contribution in [1.82, 2.24) is 15.0 Å². The van der Waals surface area contributed by atoms with Crippen LogP contribution in [0, 0.1) is 0 Å². The molecule has 0 aliphatic rings. The minimum absolute atomic E-state index is 0.494. The third-order valence-corrected chi connectivity index (χ3v) is 3.04. The third kappa shape index (κ3) is 3.82. The maximum atomic E-state index is 5.57. The van der Waals surface area contributed by atoms with Crippen molar-refractivity contribution in [2.45, 2.75) is 6.42 Å². The molecule has 2 rings (SSSR count). The number of hydrogen-bond acceptors (Lipinski definition) is 6. The van der Waals surface area contributed by atoms with Gasteiger partial charge in [0.1, 0.15) is 11.3 Å². The molecule has 0 aliphatic heterocycles. The van der Waals surface area contributed by atoms with Crippen molar-refractivity contribution in [3.05, 3.63) is 24.5 Å². The highest BCUT2D eigenvalue weighted by atomic mass is 32.1. The van der Waals surface area contributed by atoms with E-state index in [1.807, 2.05) is 12.1 Å². The van der Waals surface area contributed by atoms with E-state index in [1.165, 1.54) is 0 Å². The Kier molecular flexibility index (Phi) is 5.14. The number of anilines is 1. The summed E-state index contributed by atoms with van der Waals surface area (Å²) < 4.78 is 5.13. The number of fused-ring (bicyclic) bond motifs is 1. The molecule has 0 atom stereocenters. The third-order valence-electron chi connectivity index (χ3n) is 2.83. The summed E-state index contributed by atoms with van der Waals surface area (Å²) >= 11 is 4.93. The lowest BCUT2D eigenvalue weighted by Crippen LogP contribution is -2.31. The van der Waals surface area contributed by atoms with Gasteiger partial charge in [0.25, 0.3) is 0 Å². The minimum atomic E-state index is 0.494. The summed E-state index contributed by atoms with van der Waals surface area (Å²) in [6.45, 7) is 2.03.